The van der Waals surface area contributed by atoms with Gasteiger partial charge in [0.15, 0.2) is 0 Å². The van der Waals surface area contributed by atoms with Crippen LogP contribution in [0.2, 0.25) is 10.0 Å². The van der Waals surface area contributed by atoms with E-state index in [-0.39, 0.29) is 5.97 Å². The van der Waals surface area contributed by atoms with Crippen LogP contribution in [0.4, 0.5) is 0 Å². The number of esters is 1. The van der Waals surface area contributed by atoms with Crippen molar-refractivity contribution < 1.29 is 9.53 Å². The third kappa shape index (κ3) is 8.24. The summed E-state index contributed by atoms with van der Waals surface area (Å²) in [6.07, 6.45) is 5.85. The van der Waals surface area contributed by atoms with E-state index in [0.717, 1.165) is 24.0 Å². The number of unbranched alkanes of at least 4 members (excludes halogenated alkanes) is 1. The van der Waals surface area contributed by atoms with Crippen molar-refractivity contribution in [1.82, 2.24) is 0 Å². The molecule has 28 heavy (non-hydrogen) atoms. The van der Waals surface area contributed by atoms with E-state index in [1.165, 1.54) is 0 Å². The van der Waals surface area contributed by atoms with E-state index in [9.17, 15) is 4.79 Å². The number of halogens is 2. The minimum absolute atomic E-state index is 0.294. The zero-order valence-corrected chi connectivity index (χ0v) is 17.4. The van der Waals surface area contributed by atoms with E-state index in [4.69, 9.17) is 27.9 Å². The summed E-state index contributed by atoms with van der Waals surface area (Å²) < 4.78 is 5.14. The summed E-state index contributed by atoms with van der Waals surface area (Å²) in [5.41, 5.74) is 1.91. The van der Waals surface area contributed by atoms with Crippen LogP contribution in [0.1, 0.15) is 37.3 Å². The molecule has 148 valence electrons. The normalized spacial score (nSPS) is 12.5. The topological polar surface area (TPSA) is 51.0 Å². The molecule has 0 aliphatic rings. The minimum atomic E-state index is -0.504. The molecule has 2 rings (SSSR count). The summed E-state index contributed by atoms with van der Waals surface area (Å²) in [5, 5.41) is 1.37. The standard InChI is InChI=1S/C22H24Cl2N2O2/c1-2-28-22(27)21(26-16-18-8-12-20(24)13-9-18)5-3-4-14-25-15-17-6-10-19(23)11-7-17/h6-13,15-16,21H,2-5,14H2,1H3/t21-/m0/s1. The van der Waals surface area contributed by atoms with Crippen LogP contribution in [0.15, 0.2) is 58.5 Å². The van der Waals surface area contributed by atoms with Crippen molar-refractivity contribution in [1.29, 1.82) is 0 Å². The van der Waals surface area contributed by atoms with E-state index in [1.807, 2.05) is 42.6 Å². The highest BCUT2D eigenvalue weighted by molar-refractivity contribution is 6.30. The maximum Gasteiger partial charge on any atom is 0.330 e. The SMILES string of the molecule is CCOC(=O)[C@H](CCCCN=Cc1ccc(Cl)cc1)N=Cc1ccc(Cl)cc1. The maximum absolute atomic E-state index is 12.2. The number of rotatable bonds is 10. The molecule has 2 aromatic rings. The Hall–Kier alpha value is -2.17. The fraction of sp³-hybridized carbons (Fsp3) is 0.318. The number of hydrogen-bond donors (Lipinski definition) is 0. The molecule has 0 heterocycles. The van der Waals surface area contributed by atoms with Gasteiger partial charge in [0.1, 0.15) is 6.04 Å². The third-order valence-corrected chi connectivity index (χ3v) is 4.46. The van der Waals surface area contributed by atoms with Gasteiger partial charge in [-0.05, 0) is 61.6 Å². The van der Waals surface area contributed by atoms with Gasteiger partial charge in [-0.1, -0.05) is 47.5 Å². The molecule has 0 saturated carbocycles. The van der Waals surface area contributed by atoms with Crippen LogP contribution in [0.3, 0.4) is 0 Å². The van der Waals surface area contributed by atoms with Gasteiger partial charge in [0, 0.05) is 29.0 Å². The van der Waals surface area contributed by atoms with Crippen LogP contribution in [0, 0.1) is 0 Å². The van der Waals surface area contributed by atoms with Crippen molar-refractivity contribution in [2.24, 2.45) is 9.98 Å². The number of nitrogens with zero attached hydrogens (tertiary/aromatic N) is 2. The number of hydrogen-bond acceptors (Lipinski definition) is 4. The van der Waals surface area contributed by atoms with E-state index in [1.54, 1.807) is 25.3 Å². The predicted octanol–water partition coefficient (Wildman–Crippen LogP) is 5.63. The Labute approximate surface area is 176 Å². The molecular formula is C22H24Cl2N2O2. The van der Waals surface area contributed by atoms with Gasteiger partial charge in [-0.15, -0.1) is 0 Å². The highest BCUT2D eigenvalue weighted by Crippen LogP contribution is 2.11. The van der Waals surface area contributed by atoms with Crippen LogP contribution in [-0.4, -0.2) is 37.6 Å². The van der Waals surface area contributed by atoms with Crippen LogP contribution in [-0.2, 0) is 9.53 Å². The van der Waals surface area contributed by atoms with Crippen molar-refractivity contribution >= 4 is 41.6 Å². The van der Waals surface area contributed by atoms with Crippen LogP contribution >= 0.6 is 23.2 Å². The maximum atomic E-state index is 12.2. The fourth-order valence-electron chi connectivity index (χ4n) is 2.48. The highest BCUT2D eigenvalue weighted by atomic mass is 35.5. The lowest BCUT2D eigenvalue weighted by atomic mass is 10.1. The van der Waals surface area contributed by atoms with E-state index in [0.29, 0.717) is 29.6 Å². The number of benzene rings is 2. The molecule has 2 aromatic carbocycles. The molecule has 0 aliphatic heterocycles. The van der Waals surface area contributed by atoms with Crippen molar-refractivity contribution in [3.05, 3.63) is 69.7 Å². The molecule has 0 amide bonds. The van der Waals surface area contributed by atoms with Crippen molar-refractivity contribution in [2.45, 2.75) is 32.2 Å². The van der Waals surface area contributed by atoms with Gasteiger partial charge in [-0.2, -0.15) is 0 Å². The molecule has 0 radical (unpaired) electrons. The lowest BCUT2D eigenvalue weighted by Gasteiger charge is -2.11. The first kappa shape index (κ1) is 22.1. The smallest absolute Gasteiger partial charge is 0.330 e. The van der Waals surface area contributed by atoms with Crippen LogP contribution in [0.25, 0.3) is 0 Å². The zero-order valence-electron chi connectivity index (χ0n) is 15.9. The molecule has 4 nitrogen and oxygen atoms in total. The number of carbonyl (C=O) groups excluding carboxylic acids is 1. The van der Waals surface area contributed by atoms with Crippen molar-refractivity contribution in [3.63, 3.8) is 0 Å². The van der Waals surface area contributed by atoms with Crippen molar-refractivity contribution in [3.8, 4) is 0 Å². The Kier molecular flexibility index (Phi) is 9.73. The number of ether oxygens (including phenoxy) is 1. The quantitative estimate of drug-likeness (QED) is 0.285. The molecule has 0 spiro atoms. The predicted molar refractivity (Wildman–Crippen MR) is 117 cm³/mol. The first-order valence-corrected chi connectivity index (χ1v) is 10.0. The highest BCUT2D eigenvalue weighted by Gasteiger charge is 2.17. The average molecular weight is 419 g/mol. The van der Waals surface area contributed by atoms with Gasteiger partial charge in [0.25, 0.3) is 0 Å². The van der Waals surface area contributed by atoms with Gasteiger partial charge in [-0.25, -0.2) is 4.79 Å². The van der Waals surface area contributed by atoms with Gasteiger partial charge < -0.3 is 4.74 Å². The molecule has 0 unspecified atom stereocenters. The Morgan fingerprint density at radius 3 is 2.11 bits per heavy atom. The molecule has 6 heteroatoms. The van der Waals surface area contributed by atoms with E-state index in [2.05, 4.69) is 9.98 Å². The first-order chi connectivity index (χ1) is 13.6. The summed E-state index contributed by atoms with van der Waals surface area (Å²) in [6, 6.07) is 14.3. The lowest BCUT2D eigenvalue weighted by Crippen LogP contribution is -2.22. The van der Waals surface area contributed by atoms with Gasteiger partial charge in [0.05, 0.1) is 6.61 Å². The van der Waals surface area contributed by atoms with Crippen LogP contribution in [0.5, 0.6) is 0 Å². The molecule has 1 atom stereocenters. The second kappa shape index (κ2) is 12.3. The second-order valence-electron chi connectivity index (χ2n) is 6.18. The molecule has 0 N–H and O–H groups in total. The zero-order chi connectivity index (χ0) is 20.2. The number of carbonyl (C=O) groups is 1. The summed E-state index contributed by atoms with van der Waals surface area (Å²) in [4.78, 5) is 21.0. The molecule has 0 aromatic heterocycles. The van der Waals surface area contributed by atoms with Gasteiger partial charge in [-0.3, -0.25) is 9.98 Å². The van der Waals surface area contributed by atoms with Gasteiger partial charge in [0.2, 0.25) is 0 Å². The largest absolute Gasteiger partial charge is 0.464 e. The second-order valence-corrected chi connectivity index (χ2v) is 7.05. The van der Waals surface area contributed by atoms with Gasteiger partial charge >= 0.3 is 5.97 Å². The molecule has 0 aliphatic carbocycles. The first-order valence-electron chi connectivity index (χ1n) is 9.29. The Morgan fingerprint density at radius 1 is 0.964 bits per heavy atom. The van der Waals surface area contributed by atoms with Crippen molar-refractivity contribution in [2.75, 3.05) is 13.2 Å². The summed E-state index contributed by atoms with van der Waals surface area (Å²) in [7, 11) is 0. The van der Waals surface area contributed by atoms with Crippen LogP contribution < -0.4 is 0 Å². The third-order valence-electron chi connectivity index (χ3n) is 3.96. The Morgan fingerprint density at radius 2 is 1.54 bits per heavy atom. The molecule has 0 bridgehead atoms. The fourth-order valence-corrected chi connectivity index (χ4v) is 2.73. The molecule has 0 fully saturated rings. The molecule has 0 saturated heterocycles. The summed E-state index contributed by atoms with van der Waals surface area (Å²) in [6.45, 7) is 2.83. The van der Waals surface area contributed by atoms with E-state index < -0.39 is 6.04 Å². The summed E-state index contributed by atoms with van der Waals surface area (Å²) >= 11 is 11.8. The average Bonchev–Trinajstić information content (AvgIpc) is 2.69. The Bertz CT molecular complexity index is 787. The summed E-state index contributed by atoms with van der Waals surface area (Å²) in [5.74, 6) is -0.294. The monoisotopic (exact) mass is 418 g/mol. The number of aliphatic imine (C=N–C) groups is 2. The van der Waals surface area contributed by atoms with E-state index >= 15 is 0 Å². The lowest BCUT2D eigenvalue weighted by molar-refractivity contribution is -0.144. The molecular weight excluding hydrogens is 395 g/mol. The Balaban J connectivity index is 1.82. The minimum Gasteiger partial charge on any atom is -0.464 e.